The van der Waals surface area contributed by atoms with Gasteiger partial charge in [-0.25, -0.2) is 0 Å². The Morgan fingerprint density at radius 3 is 3.00 bits per heavy atom. The van der Waals surface area contributed by atoms with Gasteiger partial charge in [0.2, 0.25) is 5.91 Å². The van der Waals surface area contributed by atoms with Crippen LogP contribution in [0.15, 0.2) is 24.3 Å². The van der Waals surface area contributed by atoms with E-state index >= 15 is 0 Å². The Labute approximate surface area is 77.1 Å². The normalized spacial score (nSPS) is 16.8. The lowest BCUT2D eigenvalue weighted by molar-refractivity contribution is -0.115. The van der Waals surface area contributed by atoms with Gasteiger partial charge in [0.05, 0.1) is 6.54 Å². The maximum absolute atomic E-state index is 11.2. The first-order chi connectivity index (χ1) is 6.36. The van der Waals surface area contributed by atoms with Crippen molar-refractivity contribution in [2.75, 3.05) is 18.4 Å². The van der Waals surface area contributed by atoms with Gasteiger partial charge in [-0.05, 0) is 24.6 Å². The zero-order valence-electron chi connectivity index (χ0n) is 7.34. The lowest BCUT2D eigenvalue weighted by Crippen LogP contribution is -2.32. The van der Waals surface area contributed by atoms with E-state index in [0.717, 1.165) is 18.7 Å². The van der Waals surface area contributed by atoms with Crippen LogP contribution in [0.2, 0.25) is 0 Å². The minimum Gasteiger partial charge on any atom is -0.325 e. The minimum absolute atomic E-state index is 0.0344. The van der Waals surface area contributed by atoms with Gasteiger partial charge in [-0.1, -0.05) is 18.2 Å². The number of amides is 1. The van der Waals surface area contributed by atoms with Crippen LogP contribution in [0, 0.1) is 0 Å². The summed E-state index contributed by atoms with van der Waals surface area (Å²) in [5, 5.41) is 5.93. The van der Waals surface area contributed by atoms with Gasteiger partial charge in [0.1, 0.15) is 0 Å². The fourth-order valence-electron chi connectivity index (χ4n) is 1.48. The van der Waals surface area contributed by atoms with Gasteiger partial charge in [-0.3, -0.25) is 4.79 Å². The van der Waals surface area contributed by atoms with E-state index in [-0.39, 0.29) is 5.91 Å². The monoisotopic (exact) mass is 176 g/mol. The SMILES string of the molecule is O=C1CNCCc2ccccc2N1. The van der Waals surface area contributed by atoms with Gasteiger partial charge in [0.15, 0.2) is 0 Å². The third-order valence-corrected chi connectivity index (χ3v) is 2.15. The Hall–Kier alpha value is -1.35. The Morgan fingerprint density at radius 2 is 2.08 bits per heavy atom. The van der Waals surface area contributed by atoms with Crippen molar-refractivity contribution in [2.45, 2.75) is 6.42 Å². The average molecular weight is 176 g/mol. The first-order valence-electron chi connectivity index (χ1n) is 4.45. The molecule has 0 radical (unpaired) electrons. The van der Waals surface area contributed by atoms with E-state index in [1.165, 1.54) is 5.56 Å². The van der Waals surface area contributed by atoms with E-state index in [0.29, 0.717) is 6.54 Å². The number of hydrogen-bond acceptors (Lipinski definition) is 2. The molecule has 1 aliphatic rings. The largest absolute Gasteiger partial charge is 0.325 e. The fourth-order valence-corrected chi connectivity index (χ4v) is 1.48. The highest BCUT2D eigenvalue weighted by atomic mass is 16.1. The first-order valence-corrected chi connectivity index (χ1v) is 4.45. The lowest BCUT2D eigenvalue weighted by atomic mass is 10.1. The standard InChI is InChI=1S/C10H12N2O/c13-10-7-11-6-5-8-3-1-2-4-9(8)12-10/h1-4,11H,5-7H2,(H,12,13). The molecule has 0 bridgehead atoms. The lowest BCUT2D eigenvalue weighted by Gasteiger charge is -2.14. The average Bonchev–Trinajstić information content (AvgIpc) is 2.11. The molecule has 0 spiro atoms. The predicted molar refractivity (Wildman–Crippen MR) is 51.6 cm³/mol. The summed E-state index contributed by atoms with van der Waals surface area (Å²) in [4.78, 5) is 11.2. The zero-order chi connectivity index (χ0) is 9.10. The highest BCUT2D eigenvalue weighted by Crippen LogP contribution is 2.15. The second-order valence-corrected chi connectivity index (χ2v) is 3.13. The van der Waals surface area contributed by atoms with Crippen LogP contribution >= 0.6 is 0 Å². The summed E-state index contributed by atoms with van der Waals surface area (Å²) in [5.41, 5.74) is 2.15. The summed E-state index contributed by atoms with van der Waals surface area (Å²) < 4.78 is 0. The Morgan fingerprint density at radius 1 is 1.23 bits per heavy atom. The van der Waals surface area contributed by atoms with Crippen molar-refractivity contribution in [1.29, 1.82) is 0 Å². The molecule has 0 aromatic heterocycles. The summed E-state index contributed by atoms with van der Waals surface area (Å²) in [6.07, 6.45) is 0.969. The summed E-state index contributed by atoms with van der Waals surface area (Å²) >= 11 is 0. The number of anilines is 1. The van der Waals surface area contributed by atoms with Crippen molar-refractivity contribution < 1.29 is 4.79 Å². The molecule has 1 aromatic carbocycles. The number of carbonyl (C=O) groups excluding carboxylic acids is 1. The van der Waals surface area contributed by atoms with Crippen molar-refractivity contribution in [3.63, 3.8) is 0 Å². The minimum atomic E-state index is 0.0344. The van der Waals surface area contributed by atoms with Crippen molar-refractivity contribution in [2.24, 2.45) is 0 Å². The molecular weight excluding hydrogens is 164 g/mol. The second kappa shape index (κ2) is 3.58. The quantitative estimate of drug-likeness (QED) is 0.613. The van der Waals surface area contributed by atoms with Crippen molar-refractivity contribution in [1.82, 2.24) is 5.32 Å². The smallest absolute Gasteiger partial charge is 0.238 e. The molecule has 1 aliphatic heterocycles. The van der Waals surface area contributed by atoms with E-state index in [1.54, 1.807) is 0 Å². The maximum atomic E-state index is 11.2. The summed E-state index contributed by atoms with van der Waals surface area (Å²) in [6.45, 7) is 1.28. The van der Waals surface area contributed by atoms with Crippen LogP contribution in [-0.2, 0) is 11.2 Å². The molecule has 1 amide bonds. The molecular formula is C10H12N2O. The molecule has 0 unspecified atom stereocenters. The third-order valence-electron chi connectivity index (χ3n) is 2.15. The molecule has 68 valence electrons. The van der Waals surface area contributed by atoms with Crippen molar-refractivity contribution in [3.05, 3.63) is 29.8 Å². The topological polar surface area (TPSA) is 41.1 Å². The summed E-state index contributed by atoms with van der Waals surface area (Å²) in [6, 6.07) is 7.92. The number of nitrogens with one attached hydrogen (secondary N) is 2. The van der Waals surface area contributed by atoms with Gasteiger partial charge >= 0.3 is 0 Å². The number of benzene rings is 1. The summed E-state index contributed by atoms with van der Waals surface area (Å²) in [5.74, 6) is 0.0344. The predicted octanol–water partition coefficient (Wildman–Crippen LogP) is 0.771. The van der Waals surface area contributed by atoms with Crippen LogP contribution < -0.4 is 10.6 Å². The molecule has 2 rings (SSSR count). The maximum Gasteiger partial charge on any atom is 0.238 e. The second-order valence-electron chi connectivity index (χ2n) is 3.13. The van der Waals surface area contributed by atoms with Gasteiger partial charge in [0.25, 0.3) is 0 Å². The zero-order valence-corrected chi connectivity index (χ0v) is 7.34. The molecule has 2 N–H and O–H groups in total. The molecule has 0 saturated heterocycles. The number of carbonyl (C=O) groups is 1. The molecule has 3 nitrogen and oxygen atoms in total. The van der Waals surface area contributed by atoms with Crippen LogP contribution in [0.4, 0.5) is 5.69 Å². The summed E-state index contributed by atoms with van der Waals surface area (Å²) in [7, 11) is 0. The van der Waals surface area contributed by atoms with E-state index < -0.39 is 0 Å². The van der Waals surface area contributed by atoms with Crippen LogP contribution in [0.25, 0.3) is 0 Å². The number of hydrogen-bond donors (Lipinski definition) is 2. The van der Waals surface area contributed by atoms with E-state index in [2.05, 4.69) is 10.6 Å². The molecule has 13 heavy (non-hydrogen) atoms. The van der Waals surface area contributed by atoms with E-state index in [1.807, 2.05) is 24.3 Å². The Balaban J connectivity index is 2.30. The van der Waals surface area contributed by atoms with Crippen molar-refractivity contribution in [3.8, 4) is 0 Å². The number of rotatable bonds is 0. The van der Waals surface area contributed by atoms with Crippen LogP contribution in [0.5, 0.6) is 0 Å². The van der Waals surface area contributed by atoms with Crippen molar-refractivity contribution >= 4 is 11.6 Å². The van der Waals surface area contributed by atoms with Gasteiger partial charge in [-0.15, -0.1) is 0 Å². The van der Waals surface area contributed by atoms with Crippen LogP contribution in [0.3, 0.4) is 0 Å². The molecule has 0 atom stereocenters. The number of para-hydroxylation sites is 1. The van der Waals surface area contributed by atoms with Gasteiger partial charge in [-0.2, -0.15) is 0 Å². The van der Waals surface area contributed by atoms with Gasteiger partial charge < -0.3 is 10.6 Å². The van der Waals surface area contributed by atoms with E-state index in [9.17, 15) is 4.79 Å². The number of fused-ring (bicyclic) bond motifs is 1. The third kappa shape index (κ3) is 1.87. The highest BCUT2D eigenvalue weighted by Gasteiger charge is 2.08. The van der Waals surface area contributed by atoms with E-state index in [4.69, 9.17) is 0 Å². The van der Waals surface area contributed by atoms with Gasteiger partial charge in [0, 0.05) is 5.69 Å². The molecule has 1 aromatic rings. The molecule has 0 fully saturated rings. The Bertz CT molecular complexity index is 322. The van der Waals surface area contributed by atoms with Crippen LogP contribution in [0.1, 0.15) is 5.56 Å². The first kappa shape index (κ1) is 8.26. The Kier molecular flexibility index (Phi) is 2.27. The molecule has 0 aliphatic carbocycles. The fraction of sp³-hybridized carbons (Fsp3) is 0.300. The highest BCUT2D eigenvalue weighted by molar-refractivity contribution is 5.93. The molecule has 0 saturated carbocycles. The van der Waals surface area contributed by atoms with Crippen LogP contribution in [-0.4, -0.2) is 19.0 Å². The molecule has 1 heterocycles. The molecule has 3 heteroatoms.